The minimum absolute atomic E-state index is 0.0772. The molecule has 124 valence electrons. The zero-order chi connectivity index (χ0) is 19.2. The van der Waals surface area contributed by atoms with Crippen LogP contribution in [0.5, 0.6) is 0 Å². The number of aromatic nitrogens is 4. The van der Waals surface area contributed by atoms with Gasteiger partial charge >= 0.3 is 0 Å². The predicted octanol–water partition coefficient (Wildman–Crippen LogP) is 0.134. The van der Waals surface area contributed by atoms with E-state index in [1.54, 1.807) is 24.3 Å². The summed E-state index contributed by atoms with van der Waals surface area (Å²) in [6.45, 7) is 0. The lowest BCUT2D eigenvalue weighted by molar-refractivity contribution is 0.522. The van der Waals surface area contributed by atoms with Crippen molar-refractivity contribution in [2.75, 3.05) is 0 Å². The Hall–Kier alpha value is -4.28. The highest BCUT2D eigenvalue weighted by Crippen LogP contribution is 2.27. The number of fused-ring (bicyclic) bond motifs is 3. The fraction of sp³-hybridized carbons (Fsp3) is 0.125. The first-order valence-electron chi connectivity index (χ1n) is 6.96. The lowest BCUT2D eigenvalue weighted by atomic mass is 10.2. The highest BCUT2D eigenvalue weighted by Gasteiger charge is 2.24. The van der Waals surface area contributed by atoms with Crippen molar-refractivity contribution in [2.24, 2.45) is 14.1 Å². The number of nitrogens with zero attached hydrogens (tertiary/aromatic N) is 8. The van der Waals surface area contributed by atoms with Crippen LogP contribution < -0.4 is 11.0 Å². The minimum atomic E-state index is -1.30. The van der Waals surface area contributed by atoms with Gasteiger partial charge in [-0.3, -0.25) is 0 Å². The van der Waals surface area contributed by atoms with Crippen molar-refractivity contribution in [1.29, 1.82) is 21.0 Å². The van der Waals surface area contributed by atoms with E-state index in [1.165, 1.54) is 23.2 Å². The maximum absolute atomic E-state index is 14.5. The number of nitriles is 4. The van der Waals surface area contributed by atoms with Crippen molar-refractivity contribution in [3.05, 3.63) is 22.6 Å². The van der Waals surface area contributed by atoms with Gasteiger partial charge in [-0.2, -0.15) is 21.0 Å². The Labute approximate surface area is 144 Å². The summed E-state index contributed by atoms with van der Waals surface area (Å²) in [6.07, 6.45) is 0. The van der Waals surface area contributed by atoms with E-state index in [9.17, 15) is 8.78 Å². The van der Waals surface area contributed by atoms with Gasteiger partial charge in [0.25, 0.3) is 0 Å². The van der Waals surface area contributed by atoms with Crippen LogP contribution in [0.2, 0.25) is 0 Å². The lowest BCUT2D eigenvalue weighted by Gasteiger charge is -2.02. The Balaban J connectivity index is 2.79. The fourth-order valence-electron chi connectivity index (χ4n) is 2.75. The Kier molecular flexibility index (Phi) is 3.61. The molecule has 0 radical (unpaired) electrons. The van der Waals surface area contributed by atoms with Crippen LogP contribution in [0.4, 0.5) is 8.78 Å². The van der Waals surface area contributed by atoms with Crippen LogP contribution in [0.25, 0.3) is 33.2 Å². The fourth-order valence-corrected chi connectivity index (χ4v) is 2.75. The third-order valence-corrected chi connectivity index (χ3v) is 3.92. The van der Waals surface area contributed by atoms with Gasteiger partial charge in [-0.05, 0) is 0 Å². The smallest absolute Gasteiger partial charge is 0.189 e. The van der Waals surface area contributed by atoms with Crippen LogP contribution in [0, 0.1) is 57.0 Å². The summed E-state index contributed by atoms with van der Waals surface area (Å²) in [6, 6.07) is 6.61. The summed E-state index contributed by atoms with van der Waals surface area (Å²) in [5.74, 6) is -2.60. The number of hydrogen-bond donors (Lipinski definition) is 0. The summed E-state index contributed by atoms with van der Waals surface area (Å²) in [4.78, 5) is 7.78. The minimum Gasteiger partial charge on any atom is -0.324 e. The van der Waals surface area contributed by atoms with Crippen LogP contribution in [0.15, 0.2) is 0 Å². The average Bonchev–Trinajstić information content (AvgIpc) is 3.14. The molecule has 0 N–H and O–H groups in total. The number of imidazole rings is 2. The normalized spacial score (nSPS) is 10.2. The Morgan fingerprint density at radius 2 is 1.04 bits per heavy atom. The third-order valence-electron chi connectivity index (χ3n) is 3.92. The molecule has 0 aliphatic carbocycles. The second-order valence-electron chi connectivity index (χ2n) is 5.21. The number of benzene rings is 1. The van der Waals surface area contributed by atoms with Gasteiger partial charge in [-0.25, -0.2) is 18.7 Å². The summed E-state index contributed by atoms with van der Waals surface area (Å²) in [5.41, 5.74) is -1.64. The van der Waals surface area contributed by atoms with Gasteiger partial charge in [-0.15, -0.1) is 0 Å². The van der Waals surface area contributed by atoms with Gasteiger partial charge in [-0.1, -0.05) is 0 Å². The summed E-state index contributed by atoms with van der Waals surface area (Å²) in [5, 5.41) is 36.2. The molecule has 0 spiro atoms. The lowest BCUT2D eigenvalue weighted by Crippen LogP contribution is -2.19. The number of halogens is 2. The van der Waals surface area contributed by atoms with Crippen molar-refractivity contribution < 1.29 is 8.78 Å². The zero-order valence-electron chi connectivity index (χ0n) is 13.3. The molecule has 8 nitrogen and oxygen atoms in total. The van der Waals surface area contributed by atoms with Crippen molar-refractivity contribution in [3.63, 3.8) is 0 Å². The van der Waals surface area contributed by atoms with Gasteiger partial charge in [0.1, 0.15) is 35.3 Å². The maximum atomic E-state index is 14.5. The van der Waals surface area contributed by atoms with E-state index in [2.05, 4.69) is 9.97 Å². The zero-order valence-corrected chi connectivity index (χ0v) is 13.3. The van der Waals surface area contributed by atoms with E-state index in [4.69, 9.17) is 21.0 Å². The number of hydrogen-bond acceptors (Lipinski definition) is 6. The first kappa shape index (κ1) is 16.6. The van der Waals surface area contributed by atoms with E-state index in [0.29, 0.717) is 0 Å². The molecular weight excluding hydrogens is 342 g/mol. The molecule has 1 aromatic carbocycles. The topological polar surface area (TPSA) is 131 Å². The molecule has 2 aromatic heterocycles. The van der Waals surface area contributed by atoms with Gasteiger partial charge in [0.15, 0.2) is 33.7 Å². The summed E-state index contributed by atoms with van der Waals surface area (Å²) < 4.78 is 31.5. The van der Waals surface area contributed by atoms with E-state index in [0.717, 1.165) is 0 Å². The van der Waals surface area contributed by atoms with E-state index in [-0.39, 0.29) is 44.2 Å². The molecule has 0 saturated heterocycles. The van der Waals surface area contributed by atoms with Gasteiger partial charge < -0.3 is 9.13 Å². The largest absolute Gasteiger partial charge is 0.324 e. The first-order chi connectivity index (χ1) is 12.4. The molecule has 26 heavy (non-hydrogen) atoms. The summed E-state index contributed by atoms with van der Waals surface area (Å²) in [7, 11) is 2.87. The molecule has 0 aliphatic heterocycles. The van der Waals surface area contributed by atoms with Crippen LogP contribution in [-0.4, -0.2) is 19.1 Å². The molecule has 3 rings (SSSR count). The standard InChI is InChI=1S/C16H6F2N8/c1-25-13-11(23-15(25)7(3-19)4-20)9(17)10(18)12-14(13)26(2)16(24-12)8(5-21)6-22/h1-2H3. The molecule has 0 saturated carbocycles. The molecule has 0 fully saturated rings. The van der Waals surface area contributed by atoms with Gasteiger partial charge in [0.2, 0.25) is 0 Å². The van der Waals surface area contributed by atoms with Crippen LogP contribution >= 0.6 is 0 Å². The second kappa shape index (κ2) is 5.66. The van der Waals surface area contributed by atoms with Crippen molar-refractivity contribution in [2.45, 2.75) is 0 Å². The molecule has 10 heteroatoms. The van der Waals surface area contributed by atoms with Crippen LogP contribution in [0.1, 0.15) is 0 Å². The van der Waals surface area contributed by atoms with Crippen LogP contribution in [-0.2, 0) is 14.1 Å². The van der Waals surface area contributed by atoms with E-state index >= 15 is 0 Å². The van der Waals surface area contributed by atoms with Crippen molar-refractivity contribution in [3.8, 4) is 24.3 Å². The molecule has 0 aliphatic rings. The highest BCUT2D eigenvalue weighted by atomic mass is 19.2. The number of rotatable bonds is 0. The average molecular weight is 348 g/mol. The van der Waals surface area contributed by atoms with Crippen molar-refractivity contribution >= 4 is 33.2 Å². The Morgan fingerprint density at radius 1 is 0.731 bits per heavy atom. The van der Waals surface area contributed by atoms with Gasteiger partial charge in [0, 0.05) is 14.1 Å². The van der Waals surface area contributed by atoms with Crippen molar-refractivity contribution in [1.82, 2.24) is 19.1 Å². The molecule has 3 aromatic rings. The number of aryl methyl sites for hydroxylation is 2. The monoisotopic (exact) mass is 348 g/mol. The SMILES string of the molecule is Cn1c(=C(C#N)C#N)nc2c(F)c(F)c3nc(=C(C#N)C#N)n(C)c3c21. The summed E-state index contributed by atoms with van der Waals surface area (Å²) >= 11 is 0. The second-order valence-corrected chi connectivity index (χ2v) is 5.21. The van der Waals surface area contributed by atoms with E-state index in [1.807, 2.05) is 0 Å². The quantitative estimate of drug-likeness (QED) is 0.567. The molecule has 0 unspecified atom stereocenters. The molecule has 0 bridgehead atoms. The Morgan fingerprint density at radius 3 is 1.31 bits per heavy atom. The maximum Gasteiger partial charge on any atom is 0.189 e. The molecule has 0 atom stereocenters. The molecule has 0 amide bonds. The third kappa shape index (κ3) is 1.94. The Bertz CT molecular complexity index is 1270. The molecular formula is C16H6F2N8. The highest BCUT2D eigenvalue weighted by molar-refractivity contribution is 6.02. The van der Waals surface area contributed by atoms with Gasteiger partial charge in [0.05, 0.1) is 11.0 Å². The first-order valence-corrected chi connectivity index (χ1v) is 6.96. The predicted molar refractivity (Wildman–Crippen MR) is 83.4 cm³/mol. The van der Waals surface area contributed by atoms with E-state index < -0.39 is 11.6 Å². The molecule has 2 heterocycles. The van der Waals surface area contributed by atoms with Crippen LogP contribution in [0.3, 0.4) is 0 Å².